The fourth-order valence-electron chi connectivity index (χ4n) is 1.98. The van der Waals surface area contributed by atoms with Crippen LogP contribution in [0.4, 0.5) is 8.78 Å². The van der Waals surface area contributed by atoms with Gasteiger partial charge in [-0.05, 0) is 32.9 Å². The van der Waals surface area contributed by atoms with Gasteiger partial charge in [-0.2, -0.15) is 0 Å². The SMILES string of the molecule is CC(C)(C)n1c(CCl)nnc1-c1cc(F)cc(F)c1. The van der Waals surface area contributed by atoms with Crippen LogP contribution in [0.5, 0.6) is 0 Å². The van der Waals surface area contributed by atoms with Gasteiger partial charge in [-0.25, -0.2) is 8.78 Å². The Hall–Kier alpha value is -1.49. The number of nitrogens with zero attached hydrogens (tertiary/aromatic N) is 3. The monoisotopic (exact) mass is 285 g/mol. The minimum atomic E-state index is -0.647. The van der Waals surface area contributed by atoms with Gasteiger partial charge in [0.1, 0.15) is 17.5 Å². The molecule has 0 aliphatic heterocycles. The van der Waals surface area contributed by atoms with E-state index in [2.05, 4.69) is 10.2 Å². The third-order valence-corrected chi connectivity index (χ3v) is 2.88. The summed E-state index contributed by atoms with van der Waals surface area (Å²) in [4.78, 5) is 0. The zero-order chi connectivity index (χ0) is 14.2. The predicted octanol–water partition coefficient (Wildman–Crippen LogP) is 3.72. The number of rotatable bonds is 2. The summed E-state index contributed by atoms with van der Waals surface area (Å²) in [6.45, 7) is 5.85. The van der Waals surface area contributed by atoms with Crippen molar-refractivity contribution in [3.63, 3.8) is 0 Å². The van der Waals surface area contributed by atoms with Gasteiger partial charge in [-0.3, -0.25) is 0 Å². The minimum absolute atomic E-state index is 0.183. The van der Waals surface area contributed by atoms with E-state index in [4.69, 9.17) is 11.6 Å². The van der Waals surface area contributed by atoms with E-state index in [-0.39, 0.29) is 11.4 Å². The lowest BCUT2D eigenvalue weighted by Crippen LogP contribution is -2.24. The second kappa shape index (κ2) is 4.89. The van der Waals surface area contributed by atoms with Crippen molar-refractivity contribution in [1.29, 1.82) is 0 Å². The molecule has 1 aromatic carbocycles. The molecule has 0 bridgehead atoms. The Morgan fingerprint density at radius 2 is 1.68 bits per heavy atom. The molecule has 19 heavy (non-hydrogen) atoms. The van der Waals surface area contributed by atoms with Crippen LogP contribution in [0, 0.1) is 11.6 Å². The molecular formula is C13H14ClF2N3. The van der Waals surface area contributed by atoms with Crippen LogP contribution in [0.1, 0.15) is 26.6 Å². The topological polar surface area (TPSA) is 30.7 Å². The van der Waals surface area contributed by atoms with Crippen LogP contribution in [-0.4, -0.2) is 14.8 Å². The molecule has 0 aliphatic rings. The van der Waals surface area contributed by atoms with Gasteiger partial charge >= 0.3 is 0 Å². The molecule has 0 radical (unpaired) electrons. The van der Waals surface area contributed by atoms with Crippen LogP contribution in [0.15, 0.2) is 18.2 Å². The summed E-state index contributed by atoms with van der Waals surface area (Å²) in [7, 11) is 0. The van der Waals surface area contributed by atoms with Crippen molar-refractivity contribution in [2.24, 2.45) is 0 Å². The summed E-state index contributed by atoms with van der Waals surface area (Å²) in [5, 5.41) is 7.97. The van der Waals surface area contributed by atoms with Crippen molar-refractivity contribution in [1.82, 2.24) is 14.8 Å². The molecule has 1 aromatic heterocycles. The van der Waals surface area contributed by atoms with Crippen LogP contribution in [-0.2, 0) is 11.4 Å². The Morgan fingerprint density at radius 3 is 2.16 bits per heavy atom. The summed E-state index contributed by atoms with van der Waals surface area (Å²) in [5.74, 6) is -0.144. The highest BCUT2D eigenvalue weighted by Gasteiger charge is 2.23. The standard InChI is InChI=1S/C13H14ClF2N3/c1-13(2,3)19-11(7-14)17-18-12(19)8-4-9(15)6-10(16)5-8/h4-6H,7H2,1-3H3. The van der Waals surface area contributed by atoms with E-state index >= 15 is 0 Å². The number of aromatic nitrogens is 3. The molecule has 2 aromatic rings. The Kier molecular flexibility index (Phi) is 3.58. The molecule has 0 atom stereocenters. The Bertz CT molecular complexity index is 582. The maximum Gasteiger partial charge on any atom is 0.164 e. The lowest BCUT2D eigenvalue weighted by molar-refractivity contribution is 0.390. The molecule has 0 saturated carbocycles. The lowest BCUT2D eigenvalue weighted by Gasteiger charge is -2.24. The Labute approximate surface area is 115 Å². The van der Waals surface area contributed by atoms with E-state index in [1.54, 1.807) is 4.57 Å². The van der Waals surface area contributed by atoms with E-state index in [9.17, 15) is 8.78 Å². The van der Waals surface area contributed by atoms with E-state index in [0.29, 0.717) is 17.2 Å². The third-order valence-electron chi connectivity index (χ3n) is 2.64. The first-order chi connectivity index (χ1) is 8.82. The second-order valence-corrected chi connectivity index (χ2v) is 5.51. The molecule has 3 nitrogen and oxygen atoms in total. The highest BCUT2D eigenvalue weighted by Crippen LogP contribution is 2.27. The van der Waals surface area contributed by atoms with Crippen molar-refractivity contribution < 1.29 is 8.78 Å². The summed E-state index contributed by atoms with van der Waals surface area (Å²) in [6.07, 6.45) is 0. The van der Waals surface area contributed by atoms with Crippen LogP contribution in [0.2, 0.25) is 0 Å². The largest absolute Gasteiger partial charge is 0.305 e. The van der Waals surface area contributed by atoms with Crippen LogP contribution >= 0.6 is 11.6 Å². The van der Waals surface area contributed by atoms with Gasteiger partial charge in [0.15, 0.2) is 5.82 Å². The number of hydrogen-bond donors (Lipinski definition) is 0. The minimum Gasteiger partial charge on any atom is -0.305 e. The number of alkyl halides is 1. The quantitative estimate of drug-likeness (QED) is 0.788. The van der Waals surface area contributed by atoms with Crippen LogP contribution in [0.3, 0.4) is 0 Å². The fourth-order valence-corrected chi connectivity index (χ4v) is 2.15. The van der Waals surface area contributed by atoms with Crippen LogP contribution in [0.25, 0.3) is 11.4 Å². The highest BCUT2D eigenvalue weighted by atomic mass is 35.5. The summed E-state index contributed by atoms with van der Waals surface area (Å²) >= 11 is 5.83. The molecule has 0 N–H and O–H groups in total. The molecule has 0 saturated heterocycles. The van der Waals surface area contributed by atoms with Gasteiger partial charge in [-0.15, -0.1) is 21.8 Å². The zero-order valence-corrected chi connectivity index (χ0v) is 11.7. The fraction of sp³-hybridized carbons (Fsp3) is 0.385. The van der Waals surface area contributed by atoms with Crippen molar-refractivity contribution in [3.05, 3.63) is 35.7 Å². The third kappa shape index (κ3) is 2.76. The number of halogens is 3. The molecule has 0 amide bonds. The van der Waals surface area contributed by atoms with Gasteiger partial charge < -0.3 is 4.57 Å². The van der Waals surface area contributed by atoms with Gasteiger partial charge in [0.25, 0.3) is 0 Å². The maximum absolute atomic E-state index is 13.3. The van der Waals surface area contributed by atoms with Gasteiger partial charge in [0.05, 0.1) is 5.88 Å². The van der Waals surface area contributed by atoms with E-state index in [1.807, 2.05) is 20.8 Å². The predicted molar refractivity (Wildman–Crippen MR) is 69.9 cm³/mol. The van der Waals surface area contributed by atoms with Gasteiger partial charge in [-0.1, -0.05) is 0 Å². The smallest absolute Gasteiger partial charge is 0.164 e. The maximum atomic E-state index is 13.3. The lowest BCUT2D eigenvalue weighted by atomic mass is 10.1. The van der Waals surface area contributed by atoms with E-state index < -0.39 is 11.6 Å². The number of hydrogen-bond acceptors (Lipinski definition) is 2. The first kappa shape index (κ1) is 13.9. The normalized spacial score (nSPS) is 11.9. The van der Waals surface area contributed by atoms with Gasteiger partial charge in [0.2, 0.25) is 0 Å². The van der Waals surface area contributed by atoms with Crippen molar-refractivity contribution in [2.45, 2.75) is 32.2 Å². The van der Waals surface area contributed by atoms with Crippen molar-refractivity contribution >= 4 is 11.6 Å². The zero-order valence-electron chi connectivity index (χ0n) is 10.9. The molecule has 0 unspecified atom stereocenters. The van der Waals surface area contributed by atoms with Gasteiger partial charge in [0, 0.05) is 17.2 Å². The average Bonchev–Trinajstić information content (AvgIpc) is 2.70. The molecule has 0 aliphatic carbocycles. The summed E-state index contributed by atoms with van der Waals surface area (Å²) in [5.41, 5.74) is 0.00237. The van der Waals surface area contributed by atoms with Crippen molar-refractivity contribution in [2.75, 3.05) is 0 Å². The van der Waals surface area contributed by atoms with Crippen LogP contribution < -0.4 is 0 Å². The molecule has 1 heterocycles. The summed E-state index contributed by atoms with van der Waals surface area (Å²) < 4.78 is 28.4. The average molecular weight is 286 g/mol. The van der Waals surface area contributed by atoms with Crippen molar-refractivity contribution in [3.8, 4) is 11.4 Å². The number of benzene rings is 1. The highest BCUT2D eigenvalue weighted by molar-refractivity contribution is 6.16. The first-order valence-corrected chi connectivity index (χ1v) is 6.33. The Balaban J connectivity index is 2.66. The molecule has 102 valence electrons. The molecule has 0 fully saturated rings. The summed E-state index contributed by atoms with van der Waals surface area (Å²) in [6, 6.07) is 3.28. The van der Waals surface area contributed by atoms with E-state index in [1.165, 1.54) is 12.1 Å². The second-order valence-electron chi connectivity index (χ2n) is 5.24. The Morgan fingerprint density at radius 1 is 1.11 bits per heavy atom. The first-order valence-electron chi connectivity index (χ1n) is 5.80. The molecule has 2 rings (SSSR count). The molecule has 0 spiro atoms. The van der Waals surface area contributed by atoms with E-state index in [0.717, 1.165) is 6.07 Å². The molecular weight excluding hydrogens is 272 g/mol. The molecule has 6 heteroatoms.